The maximum atomic E-state index is 9.69. The third-order valence-electron chi connectivity index (χ3n) is 5.65. The maximum Gasteiger partial charge on any atom is 0.0710 e. The van der Waals surface area contributed by atoms with Crippen LogP contribution in [0.15, 0.2) is 0 Å². The second-order valence-corrected chi connectivity index (χ2v) is 7.40. The number of rotatable bonds is 4. The molecule has 2 heterocycles. The lowest BCUT2D eigenvalue weighted by molar-refractivity contribution is -0.0563. The van der Waals surface area contributed by atoms with Crippen LogP contribution in [0.3, 0.4) is 0 Å². The lowest BCUT2D eigenvalue weighted by Crippen LogP contribution is -2.45. The summed E-state index contributed by atoms with van der Waals surface area (Å²) in [7, 11) is 0. The second-order valence-electron chi connectivity index (χ2n) is 7.40. The van der Waals surface area contributed by atoms with Crippen molar-refractivity contribution >= 4 is 0 Å². The van der Waals surface area contributed by atoms with Gasteiger partial charge in [-0.15, -0.1) is 0 Å². The van der Waals surface area contributed by atoms with Crippen molar-refractivity contribution in [2.75, 3.05) is 13.1 Å². The molecule has 1 spiro atoms. The van der Waals surface area contributed by atoms with Gasteiger partial charge in [0.1, 0.15) is 0 Å². The first-order chi connectivity index (χ1) is 9.67. The average molecular weight is 281 g/mol. The minimum absolute atomic E-state index is 0.175. The lowest BCUT2D eigenvalue weighted by Gasteiger charge is -2.38. The fourth-order valence-electron chi connectivity index (χ4n) is 4.63. The van der Waals surface area contributed by atoms with Crippen molar-refractivity contribution in [1.29, 1.82) is 0 Å². The molecule has 3 fully saturated rings. The zero-order valence-corrected chi connectivity index (χ0v) is 13.0. The third kappa shape index (κ3) is 3.37. The number of hydrogen-bond donors (Lipinski definition) is 1. The molecule has 3 aliphatic rings. The van der Waals surface area contributed by atoms with Crippen LogP contribution in [0.2, 0.25) is 0 Å². The van der Waals surface area contributed by atoms with Crippen molar-refractivity contribution in [3.8, 4) is 0 Å². The van der Waals surface area contributed by atoms with Gasteiger partial charge in [-0.2, -0.15) is 0 Å². The number of ether oxygens (including phenoxy) is 1. The number of hydrogen-bond acceptors (Lipinski definition) is 3. The molecule has 0 bridgehead atoms. The highest BCUT2D eigenvalue weighted by Crippen LogP contribution is 2.43. The van der Waals surface area contributed by atoms with Crippen molar-refractivity contribution in [3.05, 3.63) is 0 Å². The van der Waals surface area contributed by atoms with Crippen LogP contribution in [0.4, 0.5) is 0 Å². The summed E-state index contributed by atoms with van der Waals surface area (Å²) >= 11 is 0. The van der Waals surface area contributed by atoms with Crippen molar-refractivity contribution in [2.24, 2.45) is 0 Å². The fourth-order valence-corrected chi connectivity index (χ4v) is 4.63. The summed E-state index contributed by atoms with van der Waals surface area (Å²) in [5.74, 6) is 0. The Morgan fingerprint density at radius 2 is 1.95 bits per heavy atom. The Kier molecular flexibility index (Phi) is 4.68. The van der Waals surface area contributed by atoms with Crippen LogP contribution in [0.1, 0.15) is 71.1 Å². The summed E-state index contributed by atoms with van der Waals surface area (Å²) in [6, 6.07) is 0.576. The normalized spacial score (nSPS) is 35.7. The van der Waals surface area contributed by atoms with Gasteiger partial charge in [0, 0.05) is 12.6 Å². The number of aliphatic hydroxyl groups excluding tert-OH is 1. The molecule has 3 rings (SSSR count). The van der Waals surface area contributed by atoms with E-state index >= 15 is 0 Å². The van der Waals surface area contributed by atoms with E-state index in [1.165, 1.54) is 64.3 Å². The van der Waals surface area contributed by atoms with E-state index in [9.17, 15) is 5.11 Å². The van der Waals surface area contributed by atoms with Gasteiger partial charge in [0.2, 0.25) is 0 Å². The maximum absolute atomic E-state index is 9.69. The first-order valence-corrected chi connectivity index (χ1v) is 8.77. The molecule has 116 valence electrons. The first-order valence-electron chi connectivity index (χ1n) is 8.77. The van der Waals surface area contributed by atoms with Gasteiger partial charge >= 0.3 is 0 Å². The Morgan fingerprint density at radius 3 is 2.70 bits per heavy atom. The van der Waals surface area contributed by atoms with Gasteiger partial charge in [-0.3, -0.25) is 4.90 Å². The Labute approximate surface area is 123 Å². The molecule has 3 unspecified atom stereocenters. The molecule has 3 nitrogen and oxygen atoms in total. The topological polar surface area (TPSA) is 32.7 Å². The van der Waals surface area contributed by atoms with E-state index in [4.69, 9.17) is 4.74 Å². The molecule has 1 aliphatic carbocycles. The Hall–Kier alpha value is -0.120. The lowest BCUT2D eigenvalue weighted by atomic mass is 9.96. The van der Waals surface area contributed by atoms with E-state index in [1.807, 2.05) is 6.92 Å². The number of likely N-dealkylation sites (tertiary alicyclic amines) is 1. The molecule has 3 atom stereocenters. The summed E-state index contributed by atoms with van der Waals surface area (Å²) in [5.41, 5.74) is 0.264. The SMILES string of the molecule is CC(O)CC1CCCCN1CC1CCC2(CCCC2)O1. The van der Waals surface area contributed by atoms with E-state index in [1.54, 1.807) is 0 Å². The number of aliphatic hydroxyl groups is 1. The largest absolute Gasteiger partial charge is 0.393 e. The molecule has 1 N–H and O–H groups in total. The zero-order chi connectivity index (χ0) is 14.0. The number of nitrogens with zero attached hydrogens (tertiary/aromatic N) is 1. The molecule has 2 saturated heterocycles. The van der Waals surface area contributed by atoms with Crippen LogP contribution in [-0.2, 0) is 4.74 Å². The predicted molar refractivity (Wildman–Crippen MR) is 80.8 cm³/mol. The van der Waals surface area contributed by atoms with E-state index in [-0.39, 0.29) is 11.7 Å². The van der Waals surface area contributed by atoms with E-state index in [0.717, 1.165) is 13.0 Å². The summed E-state index contributed by atoms with van der Waals surface area (Å²) in [6.07, 6.45) is 12.9. The Balaban J connectivity index is 1.53. The molecule has 0 radical (unpaired) electrons. The van der Waals surface area contributed by atoms with Crippen molar-refractivity contribution in [2.45, 2.75) is 95.0 Å². The smallest absolute Gasteiger partial charge is 0.0710 e. The highest BCUT2D eigenvalue weighted by atomic mass is 16.5. The molecule has 0 aromatic heterocycles. The van der Waals surface area contributed by atoms with Gasteiger partial charge in [0.15, 0.2) is 0 Å². The Morgan fingerprint density at radius 1 is 1.15 bits per heavy atom. The molecule has 0 amide bonds. The molecular formula is C17H31NO2. The second kappa shape index (κ2) is 6.33. The number of piperidine rings is 1. The zero-order valence-electron chi connectivity index (χ0n) is 13.0. The molecule has 2 aliphatic heterocycles. The van der Waals surface area contributed by atoms with Gasteiger partial charge in [-0.05, 0) is 58.4 Å². The van der Waals surface area contributed by atoms with Crippen LogP contribution in [0.5, 0.6) is 0 Å². The minimum atomic E-state index is -0.175. The monoisotopic (exact) mass is 281 g/mol. The quantitative estimate of drug-likeness (QED) is 0.859. The van der Waals surface area contributed by atoms with Crippen molar-refractivity contribution in [1.82, 2.24) is 4.90 Å². The van der Waals surface area contributed by atoms with Gasteiger partial charge < -0.3 is 9.84 Å². The first kappa shape index (κ1) is 14.8. The van der Waals surface area contributed by atoms with Gasteiger partial charge in [-0.25, -0.2) is 0 Å². The molecule has 3 heteroatoms. The summed E-state index contributed by atoms with van der Waals surface area (Å²) in [6.45, 7) is 4.22. The summed E-state index contributed by atoms with van der Waals surface area (Å²) < 4.78 is 6.46. The molecule has 1 saturated carbocycles. The van der Waals surface area contributed by atoms with Crippen LogP contribution < -0.4 is 0 Å². The van der Waals surface area contributed by atoms with Gasteiger partial charge in [0.05, 0.1) is 17.8 Å². The average Bonchev–Trinajstić information content (AvgIpc) is 3.02. The molecule has 20 heavy (non-hydrogen) atoms. The van der Waals surface area contributed by atoms with E-state index in [0.29, 0.717) is 12.1 Å². The predicted octanol–water partition coefficient (Wildman–Crippen LogP) is 3.10. The van der Waals surface area contributed by atoms with Gasteiger partial charge in [0.25, 0.3) is 0 Å². The van der Waals surface area contributed by atoms with Crippen LogP contribution in [0, 0.1) is 0 Å². The van der Waals surface area contributed by atoms with E-state index in [2.05, 4.69) is 4.90 Å². The third-order valence-corrected chi connectivity index (χ3v) is 5.65. The van der Waals surface area contributed by atoms with Crippen LogP contribution in [-0.4, -0.2) is 46.9 Å². The summed E-state index contributed by atoms with van der Waals surface area (Å²) in [4.78, 5) is 2.61. The molecular weight excluding hydrogens is 250 g/mol. The van der Waals surface area contributed by atoms with Crippen molar-refractivity contribution < 1.29 is 9.84 Å². The standard InChI is InChI=1S/C17H31NO2/c1-14(19)12-15-6-2-5-11-18(15)13-16-7-10-17(20-16)8-3-4-9-17/h14-16,19H,2-13H2,1H3. The highest BCUT2D eigenvalue weighted by molar-refractivity contribution is 4.94. The molecule has 0 aromatic carbocycles. The van der Waals surface area contributed by atoms with Crippen molar-refractivity contribution in [3.63, 3.8) is 0 Å². The fraction of sp³-hybridized carbons (Fsp3) is 1.00. The van der Waals surface area contributed by atoms with Crippen LogP contribution >= 0.6 is 0 Å². The van der Waals surface area contributed by atoms with Crippen LogP contribution in [0.25, 0.3) is 0 Å². The Bertz CT molecular complexity index is 312. The minimum Gasteiger partial charge on any atom is -0.393 e. The summed E-state index contributed by atoms with van der Waals surface area (Å²) in [5, 5.41) is 9.69. The van der Waals surface area contributed by atoms with E-state index < -0.39 is 0 Å². The highest BCUT2D eigenvalue weighted by Gasteiger charge is 2.42. The van der Waals surface area contributed by atoms with Gasteiger partial charge in [-0.1, -0.05) is 19.3 Å². The molecule has 0 aromatic rings.